The highest BCUT2D eigenvalue weighted by Gasteiger charge is 2.27. The first kappa shape index (κ1) is 15.7. The van der Waals surface area contributed by atoms with Gasteiger partial charge in [0.05, 0.1) is 0 Å². The molecular weight excluding hydrogens is 238 g/mol. The summed E-state index contributed by atoms with van der Waals surface area (Å²) in [5, 5.41) is 12.4. The highest BCUT2D eigenvalue weighted by molar-refractivity contribution is 5.83. The van der Waals surface area contributed by atoms with Crippen LogP contribution in [0.4, 0.5) is 0 Å². The second-order valence-corrected chi connectivity index (χ2v) is 6.42. The predicted molar refractivity (Wildman–Crippen MR) is 78.2 cm³/mol. The van der Waals surface area contributed by atoms with Gasteiger partial charge in [-0.05, 0) is 44.4 Å². The fourth-order valence-corrected chi connectivity index (χ4v) is 1.78. The Bertz CT molecular complexity index is 470. The summed E-state index contributed by atoms with van der Waals surface area (Å²) in [7, 11) is 0. The lowest BCUT2D eigenvalue weighted by Gasteiger charge is -2.28. The zero-order chi connectivity index (χ0) is 14.8. The Hall–Kier alpha value is -1.35. The van der Waals surface area contributed by atoms with Crippen molar-refractivity contribution in [3.05, 3.63) is 34.9 Å². The van der Waals surface area contributed by atoms with Gasteiger partial charge in [0, 0.05) is 12.0 Å². The molecule has 0 radical (unpaired) electrons. The molecule has 0 saturated heterocycles. The SMILES string of the molecule is Cc1ccc(C(C)(C)CNC(=O)C(C)(C)O)cc1C. The Morgan fingerprint density at radius 1 is 1.16 bits per heavy atom. The van der Waals surface area contributed by atoms with Gasteiger partial charge in [0.15, 0.2) is 0 Å². The molecule has 0 spiro atoms. The Morgan fingerprint density at radius 2 is 1.74 bits per heavy atom. The standard InChI is InChI=1S/C16H25NO2/c1-11-7-8-13(9-12(11)2)15(3,4)10-17-14(18)16(5,6)19/h7-9,19H,10H2,1-6H3,(H,17,18). The molecule has 0 aliphatic carbocycles. The van der Waals surface area contributed by atoms with E-state index >= 15 is 0 Å². The van der Waals surface area contributed by atoms with Crippen molar-refractivity contribution in [1.82, 2.24) is 5.32 Å². The molecule has 0 bridgehead atoms. The summed E-state index contributed by atoms with van der Waals surface area (Å²) in [5.41, 5.74) is 2.20. The fourth-order valence-electron chi connectivity index (χ4n) is 1.78. The molecule has 2 N–H and O–H groups in total. The molecular formula is C16H25NO2. The third kappa shape index (κ3) is 4.06. The maximum atomic E-state index is 11.7. The number of carbonyl (C=O) groups is 1. The van der Waals surface area contributed by atoms with Crippen molar-refractivity contribution in [2.75, 3.05) is 6.54 Å². The van der Waals surface area contributed by atoms with Crippen molar-refractivity contribution < 1.29 is 9.90 Å². The van der Waals surface area contributed by atoms with E-state index < -0.39 is 5.60 Å². The van der Waals surface area contributed by atoms with Crippen LogP contribution in [-0.4, -0.2) is 23.2 Å². The molecule has 0 heterocycles. The lowest BCUT2D eigenvalue weighted by Crippen LogP contribution is -2.46. The van der Waals surface area contributed by atoms with E-state index in [4.69, 9.17) is 0 Å². The van der Waals surface area contributed by atoms with Crippen LogP contribution < -0.4 is 5.32 Å². The summed E-state index contributed by atoms with van der Waals surface area (Å²) in [6.45, 7) is 11.8. The van der Waals surface area contributed by atoms with Crippen LogP contribution in [0.5, 0.6) is 0 Å². The van der Waals surface area contributed by atoms with Crippen LogP contribution in [0, 0.1) is 13.8 Å². The molecule has 3 nitrogen and oxygen atoms in total. The van der Waals surface area contributed by atoms with Gasteiger partial charge in [-0.3, -0.25) is 4.79 Å². The number of aliphatic hydroxyl groups is 1. The van der Waals surface area contributed by atoms with Crippen molar-refractivity contribution in [3.63, 3.8) is 0 Å². The van der Waals surface area contributed by atoms with Crippen molar-refractivity contribution >= 4 is 5.91 Å². The number of hydrogen-bond acceptors (Lipinski definition) is 2. The molecule has 0 aromatic heterocycles. The Morgan fingerprint density at radius 3 is 2.21 bits per heavy atom. The maximum absolute atomic E-state index is 11.7. The number of amides is 1. The maximum Gasteiger partial charge on any atom is 0.251 e. The molecule has 106 valence electrons. The molecule has 0 aliphatic rings. The van der Waals surface area contributed by atoms with E-state index in [9.17, 15) is 9.90 Å². The molecule has 1 rings (SSSR count). The molecule has 0 unspecified atom stereocenters. The Labute approximate surface area is 116 Å². The quantitative estimate of drug-likeness (QED) is 0.876. The predicted octanol–water partition coefficient (Wildman–Crippen LogP) is 2.47. The van der Waals surface area contributed by atoms with E-state index in [2.05, 4.69) is 51.2 Å². The molecule has 0 aliphatic heterocycles. The van der Waals surface area contributed by atoms with Crippen molar-refractivity contribution in [1.29, 1.82) is 0 Å². The van der Waals surface area contributed by atoms with Gasteiger partial charge < -0.3 is 10.4 Å². The summed E-state index contributed by atoms with van der Waals surface area (Å²) in [6.07, 6.45) is 0. The lowest BCUT2D eigenvalue weighted by molar-refractivity contribution is -0.136. The number of carbonyl (C=O) groups excluding carboxylic acids is 1. The molecule has 0 fully saturated rings. The average Bonchev–Trinajstić information content (AvgIpc) is 2.28. The number of hydrogen-bond donors (Lipinski definition) is 2. The van der Waals surface area contributed by atoms with E-state index in [-0.39, 0.29) is 11.3 Å². The van der Waals surface area contributed by atoms with Gasteiger partial charge >= 0.3 is 0 Å². The van der Waals surface area contributed by atoms with Crippen LogP contribution in [0.3, 0.4) is 0 Å². The third-order valence-electron chi connectivity index (χ3n) is 3.53. The zero-order valence-corrected chi connectivity index (χ0v) is 12.8. The Balaban J connectivity index is 2.81. The first-order valence-electron chi connectivity index (χ1n) is 6.62. The number of nitrogens with one attached hydrogen (secondary N) is 1. The van der Waals surface area contributed by atoms with E-state index in [1.807, 2.05) is 0 Å². The average molecular weight is 263 g/mol. The second kappa shape index (κ2) is 5.33. The summed E-state index contributed by atoms with van der Waals surface area (Å²) >= 11 is 0. The van der Waals surface area contributed by atoms with Crippen LogP contribution in [-0.2, 0) is 10.2 Å². The Kier molecular flexibility index (Phi) is 4.41. The molecule has 1 amide bonds. The van der Waals surface area contributed by atoms with Gasteiger partial charge in [0.25, 0.3) is 5.91 Å². The summed E-state index contributed by atoms with van der Waals surface area (Å²) in [4.78, 5) is 11.7. The third-order valence-corrected chi connectivity index (χ3v) is 3.53. The minimum absolute atomic E-state index is 0.167. The summed E-state index contributed by atoms with van der Waals surface area (Å²) in [5.74, 6) is -0.343. The van der Waals surface area contributed by atoms with Crippen LogP contribution in [0.2, 0.25) is 0 Å². The number of aryl methyl sites for hydroxylation is 2. The summed E-state index contributed by atoms with van der Waals surface area (Å²) < 4.78 is 0. The zero-order valence-electron chi connectivity index (χ0n) is 12.8. The first-order valence-corrected chi connectivity index (χ1v) is 6.62. The van der Waals surface area contributed by atoms with Gasteiger partial charge in [-0.2, -0.15) is 0 Å². The molecule has 19 heavy (non-hydrogen) atoms. The van der Waals surface area contributed by atoms with Crippen LogP contribution in [0.25, 0.3) is 0 Å². The minimum atomic E-state index is -1.33. The van der Waals surface area contributed by atoms with Gasteiger partial charge in [0.2, 0.25) is 0 Å². The van der Waals surface area contributed by atoms with Crippen LogP contribution in [0.15, 0.2) is 18.2 Å². The van der Waals surface area contributed by atoms with E-state index in [1.165, 1.54) is 30.5 Å². The van der Waals surface area contributed by atoms with E-state index in [1.54, 1.807) is 0 Å². The smallest absolute Gasteiger partial charge is 0.251 e. The van der Waals surface area contributed by atoms with Crippen molar-refractivity contribution in [2.24, 2.45) is 0 Å². The van der Waals surface area contributed by atoms with Gasteiger partial charge in [0.1, 0.15) is 5.60 Å². The molecule has 1 aromatic carbocycles. The topological polar surface area (TPSA) is 49.3 Å². The molecule has 0 saturated carbocycles. The number of benzene rings is 1. The van der Waals surface area contributed by atoms with E-state index in [0.717, 1.165) is 0 Å². The molecule has 0 atom stereocenters. The van der Waals surface area contributed by atoms with Gasteiger partial charge in [-0.15, -0.1) is 0 Å². The van der Waals surface area contributed by atoms with E-state index in [0.29, 0.717) is 6.54 Å². The monoisotopic (exact) mass is 263 g/mol. The second-order valence-electron chi connectivity index (χ2n) is 6.42. The fraction of sp³-hybridized carbons (Fsp3) is 0.562. The highest BCUT2D eigenvalue weighted by Crippen LogP contribution is 2.24. The van der Waals surface area contributed by atoms with Crippen LogP contribution in [0.1, 0.15) is 44.4 Å². The lowest BCUT2D eigenvalue weighted by atomic mass is 9.83. The minimum Gasteiger partial charge on any atom is -0.381 e. The molecule has 1 aromatic rings. The summed E-state index contributed by atoms with van der Waals surface area (Å²) in [6, 6.07) is 6.36. The first-order chi connectivity index (χ1) is 8.54. The van der Waals surface area contributed by atoms with Crippen LogP contribution >= 0.6 is 0 Å². The molecule has 3 heteroatoms. The van der Waals surface area contributed by atoms with Gasteiger partial charge in [-0.25, -0.2) is 0 Å². The highest BCUT2D eigenvalue weighted by atomic mass is 16.3. The largest absolute Gasteiger partial charge is 0.381 e. The van der Waals surface area contributed by atoms with Gasteiger partial charge in [-0.1, -0.05) is 32.0 Å². The van der Waals surface area contributed by atoms with Crippen molar-refractivity contribution in [3.8, 4) is 0 Å². The normalized spacial score (nSPS) is 12.4. The van der Waals surface area contributed by atoms with Crippen molar-refractivity contribution in [2.45, 2.75) is 52.6 Å². The number of rotatable bonds is 4.